The number of carbonyl (C=O) groups excluding carboxylic acids is 1. The monoisotopic (exact) mass is 151 g/mol. The van der Waals surface area contributed by atoms with Crippen molar-refractivity contribution in [3.05, 3.63) is 24.5 Å². The van der Waals surface area contributed by atoms with Gasteiger partial charge in [0.2, 0.25) is 0 Å². The van der Waals surface area contributed by atoms with Gasteiger partial charge in [-0.3, -0.25) is 10.3 Å². The molecular formula is C7H7N2O2. The molecule has 4 heteroatoms. The SMILES string of the molecule is COC(=O)Nc1[c]nccc1. The van der Waals surface area contributed by atoms with Crippen LogP contribution >= 0.6 is 0 Å². The van der Waals surface area contributed by atoms with Gasteiger partial charge in [0.25, 0.3) is 0 Å². The third-order valence-corrected chi connectivity index (χ3v) is 1.03. The van der Waals surface area contributed by atoms with Gasteiger partial charge in [-0.1, -0.05) is 0 Å². The summed E-state index contributed by atoms with van der Waals surface area (Å²) in [6.45, 7) is 0. The molecule has 1 heterocycles. The van der Waals surface area contributed by atoms with Crippen LogP contribution in [0, 0.1) is 6.20 Å². The third kappa shape index (κ3) is 2.25. The maximum absolute atomic E-state index is 10.6. The van der Waals surface area contributed by atoms with Gasteiger partial charge in [0, 0.05) is 6.20 Å². The maximum Gasteiger partial charge on any atom is 0.411 e. The molecule has 0 saturated carbocycles. The predicted molar refractivity (Wildman–Crippen MR) is 39.1 cm³/mol. The van der Waals surface area contributed by atoms with Crippen molar-refractivity contribution in [2.24, 2.45) is 0 Å². The first-order chi connectivity index (χ1) is 5.33. The van der Waals surface area contributed by atoms with Crippen molar-refractivity contribution in [2.75, 3.05) is 12.4 Å². The summed E-state index contributed by atoms with van der Waals surface area (Å²) < 4.78 is 4.36. The van der Waals surface area contributed by atoms with E-state index >= 15 is 0 Å². The van der Waals surface area contributed by atoms with Gasteiger partial charge >= 0.3 is 6.09 Å². The van der Waals surface area contributed by atoms with Crippen LogP contribution < -0.4 is 5.32 Å². The third-order valence-electron chi connectivity index (χ3n) is 1.03. The molecule has 0 aliphatic heterocycles. The van der Waals surface area contributed by atoms with Crippen LogP contribution in [0.3, 0.4) is 0 Å². The van der Waals surface area contributed by atoms with E-state index in [-0.39, 0.29) is 0 Å². The minimum absolute atomic E-state index is 0.499. The van der Waals surface area contributed by atoms with Crippen LogP contribution in [0.4, 0.5) is 10.5 Å². The van der Waals surface area contributed by atoms with Gasteiger partial charge in [-0.25, -0.2) is 4.79 Å². The number of ether oxygens (including phenoxy) is 1. The van der Waals surface area contributed by atoms with E-state index in [4.69, 9.17) is 0 Å². The van der Waals surface area contributed by atoms with Crippen molar-refractivity contribution < 1.29 is 9.53 Å². The molecule has 0 bridgehead atoms. The van der Waals surface area contributed by atoms with Gasteiger partial charge in [0.1, 0.15) is 6.20 Å². The van der Waals surface area contributed by atoms with Crippen LogP contribution in [0.2, 0.25) is 0 Å². The lowest BCUT2D eigenvalue weighted by atomic mass is 10.4. The zero-order valence-corrected chi connectivity index (χ0v) is 6.00. The van der Waals surface area contributed by atoms with Crippen LogP contribution in [0.1, 0.15) is 0 Å². The molecule has 1 N–H and O–H groups in total. The topological polar surface area (TPSA) is 51.2 Å². The lowest BCUT2D eigenvalue weighted by Crippen LogP contribution is -2.10. The van der Waals surface area contributed by atoms with Crippen LogP contribution in [0.15, 0.2) is 18.3 Å². The molecule has 0 aliphatic rings. The van der Waals surface area contributed by atoms with E-state index in [9.17, 15) is 4.79 Å². The van der Waals surface area contributed by atoms with Crippen molar-refractivity contribution in [1.82, 2.24) is 4.98 Å². The zero-order valence-electron chi connectivity index (χ0n) is 6.00. The molecule has 1 amide bonds. The smallest absolute Gasteiger partial charge is 0.411 e. The fraction of sp³-hybridized carbons (Fsp3) is 0.143. The van der Waals surface area contributed by atoms with E-state index < -0.39 is 6.09 Å². The maximum atomic E-state index is 10.6. The minimum Gasteiger partial charge on any atom is -0.453 e. The molecule has 0 atom stereocenters. The largest absolute Gasteiger partial charge is 0.453 e. The van der Waals surface area contributed by atoms with Crippen molar-refractivity contribution in [3.63, 3.8) is 0 Å². The molecule has 0 spiro atoms. The van der Waals surface area contributed by atoms with Gasteiger partial charge in [-0.15, -0.1) is 0 Å². The Kier molecular flexibility index (Phi) is 2.43. The van der Waals surface area contributed by atoms with E-state index in [0.717, 1.165) is 0 Å². The summed E-state index contributed by atoms with van der Waals surface area (Å²) in [5, 5.41) is 2.41. The lowest BCUT2D eigenvalue weighted by Gasteiger charge is -1.99. The quantitative estimate of drug-likeness (QED) is 0.652. The Balaban J connectivity index is 2.58. The Morgan fingerprint density at radius 3 is 3.18 bits per heavy atom. The first kappa shape index (κ1) is 7.53. The summed E-state index contributed by atoms with van der Waals surface area (Å²) in [5.41, 5.74) is 0.499. The van der Waals surface area contributed by atoms with Gasteiger partial charge in [0.05, 0.1) is 12.8 Å². The number of methoxy groups -OCH3 is 1. The van der Waals surface area contributed by atoms with Crippen molar-refractivity contribution in [3.8, 4) is 0 Å². The van der Waals surface area contributed by atoms with Crippen molar-refractivity contribution >= 4 is 11.8 Å². The fourth-order valence-corrected chi connectivity index (χ4v) is 0.557. The Labute approximate surface area is 64.2 Å². The number of hydrogen-bond acceptors (Lipinski definition) is 3. The van der Waals surface area contributed by atoms with E-state index in [1.165, 1.54) is 7.11 Å². The highest BCUT2D eigenvalue weighted by Crippen LogP contribution is 2.00. The number of pyridine rings is 1. The number of rotatable bonds is 1. The molecule has 1 aromatic rings. The first-order valence-electron chi connectivity index (χ1n) is 3.00. The molecule has 0 fully saturated rings. The van der Waals surface area contributed by atoms with Gasteiger partial charge in [0.15, 0.2) is 0 Å². The molecule has 57 valence electrons. The van der Waals surface area contributed by atoms with E-state index in [0.29, 0.717) is 5.69 Å². The first-order valence-corrected chi connectivity index (χ1v) is 3.00. The fourth-order valence-electron chi connectivity index (χ4n) is 0.557. The highest BCUT2D eigenvalue weighted by Gasteiger charge is 1.98. The molecule has 4 nitrogen and oxygen atoms in total. The predicted octanol–water partition coefficient (Wildman–Crippen LogP) is 1.06. The van der Waals surface area contributed by atoms with Crippen LogP contribution in [-0.4, -0.2) is 18.2 Å². The molecule has 1 radical (unpaired) electrons. The summed E-state index contributed by atoms with van der Waals surface area (Å²) in [6.07, 6.45) is 3.62. The van der Waals surface area contributed by atoms with Gasteiger partial charge < -0.3 is 4.74 Å². The highest BCUT2D eigenvalue weighted by molar-refractivity contribution is 5.83. The number of carbonyl (C=O) groups is 1. The molecule has 0 aliphatic carbocycles. The normalized spacial score (nSPS) is 8.82. The minimum atomic E-state index is -0.519. The summed E-state index contributed by atoms with van der Waals surface area (Å²) in [5.74, 6) is 0. The second kappa shape index (κ2) is 3.55. The second-order valence-electron chi connectivity index (χ2n) is 1.78. The van der Waals surface area contributed by atoms with Crippen LogP contribution in [0.25, 0.3) is 0 Å². The molecular weight excluding hydrogens is 144 g/mol. The number of amides is 1. The number of hydrogen-bond donors (Lipinski definition) is 1. The summed E-state index contributed by atoms with van der Waals surface area (Å²) in [4.78, 5) is 14.3. The number of nitrogens with one attached hydrogen (secondary N) is 1. The standard InChI is InChI=1S/C7H7N2O2/c1-11-7(10)9-6-3-2-4-8-5-6/h2-4H,1H3,(H,9,10). The lowest BCUT2D eigenvalue weighted by molar-refractivity contribution is 0.187. The van der Waals surface area contributed by atoms with Crippen LogP contribution in [0.5, 0.6) is 0 Å². The molecule has 0 unspecified atom stereocenters. The van der Waals surface area contributed by atoms with E-state index in [2.05, 4.69) is 21.2 Å². The molecule has 0 saturated heterocycles. The molecule has 0 aromatic carbocycles. The van der Waals surface area contributed by atoms with Crippen molar-refractivity contribution in [2.45, 2.75) is 0 Å². The molecule has 11 heavy (non-hydrogen) atoms. The Morgan fingerprint density at radius 1 is 1.82 bits per heavy atom. The Morgan fingerprint density at radius 2 is 2.64 bits per heavy atom. The van der Waals surface area contributed by atoms with E-state index in [1.807, 2.05) is 0 Å². The summed E-state index contributed by atoms with van der Waals surface area (Å²) in [7, 11) is 1.30. The van der Waals surface area contributed by atoms with Gasteiger partial charge in [-0.2, -0.15) is 0 Å². The number of anilines is 1. The average molecular weight is 151 g/mol. The van der Waals surface area contributed by atoms with E-state index in [1.54, 1.807) is 18.3 Å². The molecule has 1 rings (SSSR count). The van der Waals surface area contributed by atoms with Gasteiger partial charge in [-0.05, 0) is 12.1 Å². The second-order valence-corrected chi connectivity index (χ2v) is 1.78. The van der Waals surface area contributed by atoms with Crippen LogP contribution in [-0.2, 0) is 4.74 Å². The van der Waals surface area contributed by atoms with Crippen molar-refractivity contribution in [1.29, 1.82) is 0 Å². The average Bonchev–Trinajstić information content (AvgIpc) is 2.06. The zero-order chi connectivity index (χ0) is 8.10. The highest BCUT2D eigenvalue weighted by atomic mass is 16.5. The number of nitrogens with zero attached hydrogens (tertiary/aromatic N) is 1. The number of aromatic nitrogens is 1. The Bertz CT molecular complexity index is 235. The summed E-state index contributed by atoms with van der Waals surface area (Å²) in [6, 6.07) is 3.37. The molecule has 1 aromatic heterocycles. The Hall–Kier alpha value is -1.58. The summed E-state index contributed by atoms with van der Waals surface area (Å²) >= 11 is 0.